The Labute approximate surface area is 78.2 Å². The maximum Gasteiger partial charge on any atom is 0.281 e. The summed E-state index contributed by atoms with van der Waals surface area (Å²) < 4.78 is 0. The van der Waals surface area contributed by atoms with Crippen LogP contribution in [-0.2, 0) is 4.79 Å². The number of hydroxylamine groups is 2. The average molecular weight is 184 g/mol. The maximum atomic E-state index is 11.5. The predicted octanol–water partition coefficient (Wildman–Crippen LogP) is -0.429. The zero-order chi connectivity index (χ0) is 10.1. The van der Waals surface area contributed by atoms with Gasteiger partial charge in [0.1, 0.15) is 0 Å². The van der Waals surface area contributed by atoms with Gasteiger partial charge in [-0.15, -0.1) is 0 Å². The van der Waals surface area contributed by atoms with Gasteiger partial charge in [0.15, 0.2) is 5.54 Å². The van der Waals surface area contributed by atoms with Crippen molar-refractivity contribution in [1.82, 2.24) is 5.32 Å². The number of amides is 1. The largest absolute Gasteiger partial charge is 0.629 e. The van der Waals surface area contributed by atoms with Gasteiger partial charge in [-0.25, -0.2) is 0 Å². The van der Waals surface area contributed by atoms with Crippen LogP contribution in [0.3, 0.4) is 0 Å². The fourth-order valence-electron chi connectivity index (χ4n) is 1.63. The molecule has 2 unspecified atom stereocenters. The SMILES string of the molecule is CCC1=C[NH+]([O-])C(C)(C(=O)NC)C1. The van der Waals surface area contributed by atoms with Gasteiger partial charge in [-0.05, 0) is 12.0 Å². The van der Waals surface area contributed by atoms with Crippen LogP contribution < -0.4 is 10.4 Å². The molecule has 0 saturated carbocycles. The van der Waals surface area contributed by atoms with E-state index in [2.05, 4.69) is 5.32 Å². The molecule has 0 aromatic carbocycles. The molecule has 1 heterocycles. The molecule has 2 atom stereocenters. The fraction of sp³-hybridized carbons (Fsp3) is 0.667. The zero-order valence-corrected chi connectivity index (χ0v) is 8.31. The van der Waals surface area contributed by atoms with E-state index in [1.54, 1.807) is 20.2 Å². The van der Waals surface area contributed by atoms with Crippen LogP contribution in [-0.4, -0.2) is 18.5 Å². The molecule has 0 radical (unpaired) electrons. The number of carbonyl (C=O) groups is 1. The molecular formula is C9H16N2O2. The van der Waals surface area contributed by atoms with Crippen molar-refractivity contribution < 1.29 is 9.86 Å². The maximum absolute atomic E-state index is 11.5. The third kappa shape index (κ3) is 1.59. The van der Waals surface area contributed by atoms with Crippen molar-refractivity contribution >= 4 is 5.91 Å². The Kier molecular flexibility index (Phi) is 2.73. The molecule has 1 aliphatic rings. The van der Waals surface area contributed by atoms with Crippen LogP contribution in [0.5, 0.6) is 0 Å². The zero-order valence-electron chi connectivity index (χ0n) is 8.31. The smallest absolute Gasteiger partial charge is 0.281 e. The number of hydrogen-bond donors (Lipinski definition) is 2. The summed E-state index contributed by atoms with van der Waals surface area (Å²) in [6.45, 7) is 3.70. The van der Waals surface area contributed by atoms with E-state index in [9.17, 15) is 10.0 Å². The lowest BCUT2D eigenvalue weighted by molar-refractivity contribution is -0.831. The third-order valence-electron chi connectivity index (χ3n) is 2.64. The second-order valence-corrected chi connectivity index (χ2v) is 3.61. The van der Waals surface area contributed by atoms with Crippen LogP contribution >= 0.6 is 0 Å². The summed E-state index contributed by atoms with van der Waals surface area (Å²) in [5, 5.41) is 14.0. The van der Waals surface area contributed by atoms with Crippen molar-refractivity contribution in [2.75, 3.05) is 7.05 Å². The second-order valence-electron chi connectivity index (χ2n) is 3.61. The Morgan fingerprint density at radius 3 is 2.85 bits per heavy atom. The van der Waals surface area contributed by atoms with E-state index in [0.29, 0.717) is 6.42 Å². The molecule has 1 amide bonds. The highest BCUT2D eigenvalue weighted by molar-refractivity contribution is 5.84. The summed E-state index contributed by atoms with van der Waals surface area (Å²) in [4.78, 5) is 11.4. The van der Waals surface area contributed by atoms with E-state index in [0.717, 1.165) is 12.0 Å². The molecule has 0 aromatic heterocycles. The lowest BCUT2D eigenvalue weighted by Crippen LogP contribution is -3.12. The standard InChI is InChI=1S/C9H16N2O2/c1-4-7-5-9(2,8(12)10-3)11(13)6-7/h6,11H,4-5H2,1-3H3,(H,10,12). The predicted molar refractivity (Wildman–Crippen MR) is 49.8 cm³/mol. The van der Waals surface area contributed by atoms with Crippen LogP contribution in [0, 0.1) is 5.21 Å². The molecule has 2 N–H and O–H groups in total. The summed E-state index contributed by atoms with van der Waals surface area (Å²) in [6.07, 6.45) is 3.02. The van der Waals surface area contributed by atoms with Gasteiger partial charge in [-0.2, -0.15) is 0 Å². The van der Waals surface area contributed by atoms with E-state index in [1.165, 1.54) is 0 Å². The number of likely N-dealkylation sites (N-methyl/N-ethyl adjacent to an activating group) is 1. The van der Waals surface area contributed by atoms with Gasteiger partial charge in [-0.3, -0.25) is 4.79 Å². The van der Waals surface area contributed by atoms with Gasteiger partial charge in [0.05, 0.1) is 6.20 Å². The lowest BCUT2D eigenvalue weighted by Gasteiger charge is -2.31. The Balaban J connectivity index is 2.81. The van der Waals surface area contributed by atoms with Crippen molar-refractivity contribution in [2.45, 2.75) is 32.2 Å². The third-order valence-corrected chi connectivity index (χ3v) is 2.64. The van der Waals surface area contributed by atoms with Gasteiger partial charge in [0.2, 0.25) is 0 Å². The van der Waals surface area contributed by atoms with Gasteiger partial charge in [0, 0.05) is 20.4 Å². The van der Waals surface area contributed by atoms with E-state index in [-0.39, 0.29) is 11.0 Å². The molecule has 0 fully saturated rings. The van der Waals surface area contributed by atoms with Crippen LogP contribution in [0.15, 0.2) is 11.8 Å². The first-order valence-electron chi connectivity index (χ1n) is 4.50. The normalized spacial score (nSPS) is 32.9. The Morgan fingerprint density at radius 2 is 2.46 bits per heavy atom. The average Bonchev–Trinajstić information content (AvgIpc) is 2.42. The van der Waals surface area contributed by atoms with Crippen molar-refractivity contribution in [3.05, 3.63) is 17.0 Å². The number of hydrogen-bond acceptors (Lipinski definition) is 2. The molecule has 0 spiro atoms. The molecule has 13 heavy (non-hydrogen) atoms. The van der Waals surface area contributed by atoms with Gasteiger partial charge in [-0.1, -0.05) is 6.92 Å². The van der Waals surface area contributed by atoms with E-state index in [1.807, 2.05) is 6.92 Å². The van der Waals surface area contributed by atoms with Gasteiger partial charge >= 0.3 is 0 Å². The monoisotopic (exact) mass is 184 g/mol. The molecule has 0 aromatic rings. The Bertz CT molecular complexity index is 250. The molecular weight excluding hydrogens is 168 g/mol. The number of quaternary nitrogens is 1. The highest BCUT2D eigenvalue weighted by Crippen LogP contribution is 2.20. The minimum atomic E-state index is -0.847. The fourth-order valence-corrected chi connectivity index (χ4v) is 1.63. The van der Waals surface area contributed by atoms with Crippen molar-refractivity contribution in [3.8, 4) is 0 Å². The quantitative estimate of drug-likeness (QED) is 0.572. The number of rotatable bonds is 2. The molecule has 4 heteroatoms. The highest BCUT2D eigenvalue weighted by atomic mass is 16.5. The van der Waals surface area contributed by atoms with E-state index in [4.69, 9.17) is 0 Å². The molecule has 0 saturated heterocycles. The van der Waals surface area contributed by atoms with E-state index >= 15 is 0 Å². The van der Waals surface area contributed by atoms with Crippen LogP contribution in [0.25, 0.3) is 0 Å². The topological polar surface area (TPSA) is 56.6 Å². The molecule has 0 aliphatic carbocycles. The van der Waals surface area contributed by atoms with Crippen LogP contribution in [0.4, 0.5) is 0 Å². The lowest BCUT2D eigenvalue weighted by atomic mass is 9.95. The number of nitrogens with one attached hydrogen (secondary N) is 2. The summed E-state index contributed by atoms with van der Waals surface area (Å²) >= 11 is 0. The molecule has 74 valence electrons. The Morgan fingerprint density at radius 1 is 1.85 bits per heavy atom. The van der Waals surface area contributed by atoms with Gasteiger partial charge in [0.25, 0.3) is 5.91 Å². The summed E-state index contributed by atoms with van der Waals surface area (Å²) in [6, 6.07) is 0. The minimum Gasteiger partial charge on any atom is -0.629 e. The second kappa shape index (κ2) is 3.47. The summed E-state index contributed by atoms with van der Waals surface area (Å²) in [5.74, 6) is -0.183. The highest BCUT2D eigenvalue weighted by Gasteiger charge is 2.43. The summed E-state index contributed by atoms with van der Waals surface area (Å²) in [5.41, 5.74) is 0.219. The summed E-state index contributed by atoms with van der Waals surface area (Å²) in [7, 11) is 1.56. The molecule has 0 bridgehead atoms. The first-order valence-corrected chi connectivity index (χ1v) is 4.50. The van der Waals surface area contributed by atoms with Crippen molar-refractivity contribution in [3.63, 3.8) is 0 Å². The van der Waals surface area contributed by atoms with Crippen LogP contribution in [0.1, 0.15) is 26.7 Å². The van der Waals surface area contributed by atoms with Gasteiger partial charge < -0.3 is 15.6 Å². The van der Waals surface area contributed by atoms with E-state index < -0.39 is 5.54 Å². The first-order chi connectivity index (χ1) is 6.04. The molecule has 4 nitrogen and oxygen atoms in total. The Hall–Kier alpha value is -0.870. The van der Waals surface area contributed by atoms with Crippen LogP contribution in [0.2, 0.25) is 0 Å². The molecule has 1 aliphatic heterocycles. The number of carbonyl (C=O) groups excluding carboxylic acids is 1. The van der Waals surface area contributed by atoms with Crippen molar-refractivity contribution in [1.29, 1.82) is 0 Å². The minimum absolute atomic E-state index is 0.0660. The van der Waals surface area contributed by atoms with Crippen molar-refractivity contribution in [2.24, 2.45) is 0 Å². The molecule has 1 rings (SSSR count). The first kappa shape index (κ1) is 10.2.